The van der Waals surface area contributed by atoms with Crippen molar-refractivity contribution in [2.45, 2.75) is 38.9 Å². The highest BCUT2D eigenvalue weighted by Crippen LogP contribution is 2.42. The van der Waals surface area contributed by atoms with E-state index >= 15 is 0 Å². The lowest BCUT2D eigenvalue weighted by atomic mass is 10.0. The molecule has 1 aliphatic rings. The van der Waals surface area contributed by atoms with E-state index in [1.165, 1.54) is 11.3 Å². The van der Waals surface area contributed by atoms with Gasteiger partial charge in [0.2, 0.25) is 0 Å². The van der Waals surface area contributed by atoms with Crippen LogP contribution in [0.1, 0.15) is 48.9 Å². The molecule has 4 nitrogen and oxygen atoms in total. The Balaban J connectivity index is 1.87. The van der Waals surface area contributed by atoms with Gasteiger partial charge in [-0.05, 0) is 75.0 Å². The summed E-state index contributed by atoms with van der Waals surface area (Å²) in [6, 6.07) is 19.2. The topological polar surface area (TPSA) is 33.1 Å². The Hall–Kier alpha value is -2.66. The van der Waals surface area contributed by atoms with Crippen molar-refractivity contribution in [1.29, 1.82) is 0 Å². The lowest BCUT2D eigenvalue weighted by molar-refractivity contribution is 0.497. The second-order valence-corrected chi connectivity index (χ2v) is 7.66. The smallest absolute Gasteiger partial charge is 0.174 e. The zero-order valence-corrected chi connectivity index (χ0v) is 16.6. The van der Waals surface area contributed by atoms with Gasteiger partial charge in [-0.25, -0.2) is 0 Å². The third-order valence-corrected chi connectivity index (χ3v) is 5.36. The molecule has 1 fully saturated rings. The van der Waals surface area contributed by atoms with Crippen molar-refractivity contribution in [3.63, 3.8) is 0 Å². The van der Waals surface area contributed by atoms with Gasteiger partial charge in [-0.15, -0.1) is 0 Å². The fourth-order valence-electron chi connectivity index (χ4n) is 3.84. The van der Waals surface area contributed by atoms with Gasteiger partial charge in [0.05, 0.1) is 11.7 Å². The van der Waals surface area contributed by atoms with E-state index in [1.54, 1.807) is 0 Å². The number of thiocarbonyl (C=S) groups is 1. The molecule has 1 N–H and O–H groups in total. The van der Waals surface area contributed by atoms with Crippen LogP contribution in [0.3, 0.4) is 0 Å². The minimum Gasteiger partial charge on any atom is -0.351 e. The Morgan fingerprint density at radius 1 is 1.07 bits per heavy atom. The summed E-state index contributed by atoms with van der Waals surface area (Å²) in [5.74, 6) is 0. The third kappa shape index (κ3) is 3.23. The molecule has 4 rings (SSSR count). The maximum Gasteiger partial charge on any atom is 0.174 e. The predicted molar refractivity (Wildman–Crippen MR) is 114 cm³/mol. The lowest BCUT2D eigenvalue weighted by Gasteiger charge is -2.30. The van der Waals surface area contributed by atoms with Crippen LogP contribution in [0.25, 0.3) is 0 Å². The number of aryl methyl sites for hydroxylation is 1. The fraction of sp³-hybridized carbons (Fsp3) is 0.273. The summed E-state index contributed by atoms with van der Waals surface area (Å²) in [5.41, 5.74) is 4.55. The SMILES string of the molecule is Cc1cccc(N2C(=S)N[C@H](c3ccccn3)[C@@H]2c2cccn2C(C)C)c1. The predicted octanol–water partition coefficient (Wildman–Crippen LogP) is 4.95. The number of rotatable bonds is 4. The molecular formula is C22H24N4S. The number of hydrogen-bond donors (Lipinski definition) is 1. The second-order valence-electron chi connectivity index (χ2n) is 7.27. The highest BCUT2D eigenvalue weighted by atomic mass is 32.1. The summed E-state index contributed by atoms with van der Waals surface area (Å²) in [6.07, 6.45) is 3.99. The highest BCUT2D eigenvalue weighted by Gasteiger charge is 2.42. The molecule has 5 heteroatoms. The van der Waals surface area contributed by atoms with Crippen LogP contribution in [0.5, 0.6) is 0 Å². The molecule has 0 radical (unpaired) electrons. The Morgan fingerprint density at radius 3 is 2.63 bits per heavy atom. The fourth-order valence-corrected chi connectivity index (χ4v) is 4.19. The Bertz CT molecular complexity index is 948. The molecule has 0 amide bonds. The minimum absolute atomic E-state index is 0.00777. The molecule has 0 bridgehead atoms. The summed E-state index contributed by atoms with van der Waals surface area (Å²) in [4.78, 5) is 6.85. The van der Waals surface area contributed by atoms with Crippen molar-refractivity contribution in [2.24, 2.45) is 0 Å². The van der Waals surface area contributed by atoms with Gasteiger partial charge in [-0.1, -0.05) is 18.2 Å². The molecule has 3 heterocycles. The molecule has 1 aromatic carbocycles. The number of nitrogens with zero attached hydrogens (tertiary/aromatic N) is 3. The van der Waals surface area contributed by atoms with Crippen LogP contribution in [0, 0.1) is 6.92 Å². The number of nitrogens with one attached hydrogen (secondary N) is 1. The Morgan fingerprint density at radius 2 is 1.93 bits per heavy atom. The summed E-state index contributed by atoms with van der Waals surface area (Å²) in [6.45, 7) is 6.52. The quantitative estimate of drug-likeness (QED) is 0.653. The maximum atomic E-state index is 5.78. The van der Waals surface area contributed by atoms with Crippen LogP contribution in [0.4, 0.5) is 5.69 Å². The average molecular weight is 377 g/mol. The molecule has 2 aromatic heterocycles. The van der Waals surface area contributed by atoms with Crippen LogP contribution >= 0.6 is 12.2 Å². The largest absolute Gasteiger partial charge is 0.351 e. The summed E-state index contributed by atoms with van der Waals surface area (Å²) >= 11 is 5.78. The first-order valence-electron chi connectivity index (χ1n) is 9.30. The molecule has 138 valence electrons. The van der Waals surface area contributed by atoms with Crippen LogP contribution in [-0.2, 0) is 0 Å². The monoisotopic (exact) mass is 376 g/mol. The summed E-state index contributed by atoms with van der Waals surface area (Å²) < 4.78 is 2.32. The first-order valence-corrected chi connectivity index (χ1v) is 9.71. The van der Waals surface area contributed by atoms with Gasteiger partial charge in [-0.3, -0.25) is 4.98 Å². The first kappa shape index (κ1) is 17.7. The number of benzene rings is 1. The molecule has 0 aliphatic carbocycles. The summed E-state index contributed by atoms with van der Waals surface area (Å²) in [5, 5.41) is 4.26. The number of hydrogen-bond acceptors (Lipinski definition) is 2. The molecule has 1 aliphatic heterocycles. The van der Waals surface area contributed by atoms with E-state index in [-0.39, 0.29) is 12.1 Å². The van der Waals surface area contributed by atoms with Gasteiger partial charge >= 0.3 is 0 Å². The molecule has 0 spiro atoms. The van der Waals surface area contributed by atoms with Crippen molar-refractivity contribution in [3.8, 4) is 0 Å². The maximum absolute atomic E-state index is 5.78. The molecule has 0 unspecified atom stereocenters. The van der Waals surface area contributed by atoms with Gasteiger partial charge < -0.3 is 14.8 Å². The molecule has 2 atom stereocenters. The highest BCUT2D eigenvalue weighted by molar-refractivity contribution is 7.80. The van der Waals surface area contributed by atoms with E-state index in [0.717, 1.165) is 16.5 Å². The van der Waals surface area contributed by atoms with Crippen LogP contribution < -0.4 is 10.2 Å². The van der Waals surface area contributed by atoms with Crippen molar-refractivity contribution in [3.05, 3.63) is 83.9 Å². The lowest BCUT2D eigenvalue weighted by Crippen LogP contribution is -2.30. The van der Waals surface area contributed by atoms with Crippen LogP contribution in [-0.4, -0.2) is 14.7 Å². The normalized spacial score (nSPS) is 19.6. The van der Waals surface area contributed by atoms with Crippen LogP contribution in [0.2, 0.25) is 0 Å². The average Bonchev–Trinajstić information content (AvgIpc) is 3.26. The van der Waals surface area contributed by atoms with E-state index in [4.69, 9.17) is 12.2 Å². The van der Waals surface area contributed by atoms with Crippen LogP contribution in [0.15, 0.2) is 67.0 Å². The van der Waals surface area contributed by atoms with Gasteiger partial charge in [0.1, 0.15) is 6.04 Å². The van der Waals surface area contributed by atoms with Crippen molar-refractivity contribution in [2.75, 3.05) is 4.90 Å². The van der Waals surface area contributed by atoms with Crippen molar-refractivity contribution >= 4 is 23.0 Å². The number of pyridine rings is 1. The van der Waals surface area contributed by atoms with E-state index < -0.39 is 0 Å². The van der Waals surface area contributed by atoms with E-state index in [2.05, 4.69) is 89.2 Å². The zero-order chi connectivity index (χ0) is 19.0. The molecule has 0 saturated carbocycles. The zero-order valence-electron chi connectivity index (χ0n) is 15.8. The minimum atomic E-state index is -0.00777. The summed E-state index contributed by atoms with van der Waals surface area (Å²) in [7, 11) is 0. The van der Waals surface area contributed by atoms with Gasteiger partial charge in [0, 0.05) is 29.8 Å². The van der Waals surface area contributed by atoms with Gasteiger partial charge in [0.15, 0.2) is 5.11 Å². The molecule has 27 heavy (non-hydrogen) atoms. The Labute approximate surface area is 165 Å². The molecule has 1 saturated heterocycles. The number of anilines is 1. The van der Waals surface area contributed by atoms with E-state index in [9.17, 15) is 0 Å². The van der Waals surface area contributed by atoms with E-state index in [1.807, 2.05) is 18.3 Å². The Kier molecular flexibility index (Phi) is 4.70. The standard InChI is InChI=1S/C22H24N4S/c1-15(2)25-13-7-11-19(25)21-20(18-10-4-5-12-23-18)24-22(27)26(21)17-9-6-8-16(3)14-17/h4-15,20-21H,1-3H3,(H,24,27)/t20-,21+/m1/s1. The second kappa shape index (κ2) is 7.16. The van der Waals surface area contributed by atoms with E-state index in [0.29, 0.717) is 6.04 Å². The third-order valence-electron chi connectivity index (χ3n) is 5.05. The van der Waals surface area contributed by atoms with Crippen molar-refractivity contribution < 1.29 is 0 Å². The van der Waals surface area contributed by atoms with Gasteiger partial charge in [0.25, 0.3) is 0 Å². The van der Waals surface area contributed by atoms with Crippen molar-refractivity contribution in [1.82, 2.24) is 14.9 Å². The molecular weight excluding hydrogens is 352 g/mol. The first-order chi connectivity index (χ1) is 13.1. The van der Waals surface area contributed by atoms with Gasteiger partial charge in [-0.2, -0.15) is 0 Å². The molecule has 3 aromatic rings. The number of aromatic nitrogens is 2.